The van der Waals surface area contributed by atoms with Crippen molar-refractivity contribution in [3.8, 4) is 0 Å². The van der Waals surface area contributed by atoms with Gasteiger partial charge in [0.2, 0.25) is 11.8 Å². The van der Waals surface area contributed by atoms with Crippen LogP contribution in [0.2, 0.25) is 0 Å². The van der Waals surface area contributed by atoms with Gasteiger partial charge in [0.05, 0.1) is 0 Å². The maximum atomic E-state index is 12.9. The highest BCUT2D eigenvalue weighted by atomic mass is 16.2. The van der Waals surface area contributed by atoms with Crippen LogP contribution in [0.1, 0.15) is 65.7 Å². The SMILES string of the molecule is CCC1(CC)C(=O)NC(=O)N(C2(C)CCCCC2)C1=O. The molecule has 1 aliphatic carbocycles. The summed E-state index contributed by atoms with van der Waals surface area (Å²) in [5.41, 5.74) is -1.52. The standard InChI is InChI=1S/C15H24N2O3/c1-4-15(5-2)11(18)16-13(20)17(12(15)19)14(3)9-7-6-8-10-14/h4-10H2,1-3H3,(H,16,18,20). The van der Waals surface area contributed by atoms with E-state index in [4.69, 9.17) is 0 Å². The van der Waals surface area contributed by atoms with Crippen LogP contribution in [0.4, 0.5) is 4.79 Å². The van der Waals surface area contributed by atoms with E-state index in [2.05, 4.69) is 5.32 Å². The van der Waals surface area contributed by atoms with Crippen molar-refractivity contribution < 1.29 is 14.4 Å². The van der Waals surface area contributed by atoms with Crippen molar-refractivity contribution in [3.63, 3.8) is 0 Å². The molecule has 2 rings (SSSR count). The Bertz CT molecular complexity index is 434. The Morgan fingerprint density at radius 1 is 1.05 bits per heavy atom. The minimum atomic E-state index is -1.08. The molecule has 0 aromatic heterocycles. The zero-order chi connectivity index (χ0) is 15.0. The van der Waals surface area contributed by atoms with Gasteiger partial charge in [-0.05, 0) is 32.6 Å². The van der Waals surface area contributed by atoms with E-state index in [1.54, 1.807) is 0 Å². The van der Waals surface area contributed by atoms with Crippen molar-refractivity contribution in [2.45, 2.75) is 71.3 Å². The fourth-order valence-corrected chi connectivity index (χ4v) is 3.58. The van der Waals surface area contributed by atoms with Crippen LogP contribution in [-0.4, -0.2) is 28.3 Å². The van der Waals surface area contributed by atoms with E-state index in [9.17, 15) is 14.4 Å². The van der Waals surface area contributed by atoms with E-state index in [0.717, 1.165) is 32.1 Å². The molecule has 5 nitrogen and oxygen atoms in total. The fraction of sp³-hybridized carbons (Fsp3) is 0.800. The second kappa shape index (κ2) is 5.19. The second-order valence-corrected chi connectivity index (χ2v) is 6.25. The molecule has 2 aliphatic rings. The van der Waals surface area contributed by atoms with Crippen molar-refractivity contribution in [1.29, 1.82) is 0 Å². The van der Waals surface area contributed by atoms with Crippen LogP contribution < -0.4 is 5.32 Å². The Kier molecular flexibility index (Phi) is 3.89. The summed E-state index contributed by atoms with van der Waals surface area (Å²) in [7, 11) is 0. The lowest BCUT2D eigenvalue weighted by Crippen LogP contribution is -2.69. The number of hydrogen-bond donors (Lipinski definition) is 1. The summed E-state index contributed by atoms with van der Waals surface area (Å²) >= 11 is 0. The maximum Gasteiger partial charge on any atom is 0.331 e. The molecule has 1 saturated heterocycles. The Hall–Kier alpha value is -1.39. The summed E-state index contributed by atoms with van der Waals surface area (Å²) in [6.07, 6.45) is 5.68. The molecule has 112 valence electrons. The molecule has 2 fully saturated rings. The zero-order valence-corrected chi connectivity index (χ0v) is 12.6. The number of nitrogens with one attached hydrogen (secondary N) is 1. The van der Waals surface area contributed by atoms with Gasteiger partial charge in [0.1, 0.15) is 5.41 Å². The number of rotatable bonds is 3. The third-order valence-corrected chi connectivity index (χ3v) is 5.15. The summed E-state index contributed by atoms with van der Waals surface area (Å²) in [6.45, 7) is 5.63. The number of urea groups is 1. The molecule has 0 aromatic rings. The van der Waals surface area contributed by atoms with Gasteiger partial charge in [-0.15, -0.1) is 0 Å². The first-order valence-corrected chi connectivity index (χ1v) is 7.61. The number of nitrogens with zero attached hydrogens (tertiary/aromatic N) is 1. The molecule has 0 unspecified atom stereocenters. The monoisotopic (exact) mass is 280 g/mol. The fourth-order valence-electron chi connectivity index (χ4n) is 3.58. The summed E-state index contributed by atoms with van der Waals surface area (Å²) < 4.78 is 0. The van der Waals surface area contributed by atoms with Crippen molar-refractivity contribution in [1.82, 2.24) is 10.2 Å². The van der Waals surface area contributed by atoms with Crippen LogP contribution in [0.15, 0.2) is 0 Å². The van der Waals surface area contributed by atoms with E-state index in [1.165, 1.54) is 4.90 Å². The van der Waals surface area contributed by atoms with Gasteiger partial charge in [0.25, 0.3) is 0 Å². The topological polar surface area (TPSA) is 66.5 Å². The minimum absolute atomic E-state index is 0.305. The third-order valence-electron chi connectivity index (χ3n) is 5.15. The molecule has 1 saturated carbocycles. The first kappa shape index (κ1) is 15.0. The van der Waals surface area contributed by atoms with Crippen LogP contribution in [0.5, 0.6) is 0 Å². The van der Waals surface area contributed by atoms with Crippen LogP contribution in [-0.2, 0) is 9.59 Å². The Labute approximate surface area is 120 Å². The van der Waals surface area contributed by atoms with Crippen molar-refractivity contribution in [2.24, 2.45) is 5.41 Å². The highest BCUT2D eigenvalue weighted by Gasteiger charge is 2.55. The van der Waals surface area contributed by atoms with Gasteiger partial charge in [-0.1, -0.05) is 33.1 Å². The molecule has 4 amide bonds. The number of hydrogen-bond acceptors (Lipinski definition) is 3. The zero-order valence-electron chi connectivity index (χ0n) is 12.6. The average Bonchev–Trinajstić information content (AvgIpc) is 2.40. The van der Waals surface area contributed by atoms with Gasteiger partial charge < -0.3 is 0 Å². The Morgan fingerprint density at radius 3 is 2.10 bits per heavy atom. The summed E-state index contributed by atoms with van der Waals surface area (Å²) in [4.78, 5) is 38.6. The smallest absolute Gasteiger partial charge is 0.277 e. The second-order valence-electron chi connectivity index (χ2n) is 6.25. The predicted octanol–water partition coefficient (Wildman–Crippen LogP) is 2.59. The highest BCUT2D eigenvalue weighted by molar-refractivity contribution is 6.19. The molecule has 0 atom stereocenters. The minimum Gasteiger partial charge on any atom is -0.277 e. The Balaban J connectivity index is 2.39. The lowest BCUT2D eigenvalue weighted by atomic mass is 9.75. The van der Waals surface area contributed by atoms with Crippen molar-refractivity contribution >= 4 is 17.8 Å². The summed E-state index contributed by atoms with van der Waals surface area (Å²) in [5.74, 6) is -0.742. The van der Waals surface area contributed by atoms with E-state index >= 15 is 0 Å². The Morgan fingerprint density at radius 2 is 1.60 bits per heavy atom. The molecule has 0 bridgehead atoms. The molecular formula is C15H24N2O3. The van der Waals surface area contributed by atoms with Crippen LogP contribution in [0.3, 0.4) is 0 Å². The molecule has 0 radical (unpaired) electrons. The van der Waals surface area contributed by atoms with E-state index in [0.29, 0.717) is 12.8 Å². The van der Waals surface area contributed by atoms with E-state index in [1.807, 2.05) is 20.8 Å². The van der Waals surface area contributed by atoms with E-state index in [-0.39, 0.29) is 5.91 Å². The lowest BCUT2D eigenvalue weighted by Gasteiger charge is -2.48. The molecule has 20 heavy (non-hydrogen) atoms. The third kappa shape index (κ3) is 2.03. The predicted molar refractivity (Wildman–Crippen MR) is 74.9 cm³/mol. The molecular weight excluding hydrogens is 256 g/mol. The molecule has 0 aromatic carbocycles. The molecule has 5 heteroatoms. The maximum absolute atomic E-state index is 12.9. The van der Waals surface area contributed by atoms with Gasteiger partial charge >= 0.3 is 6.03 Å². The van der Waals surface area contributed by atoms with Gasteiger partial charge in [-0.2, -0.15) is 0 Å². The number of barbiturate groups is 1. The van der Waals surface area contributed by atoms with Gasteiger partial charge in [0, 0.05) is 5.54 Å². The van der Waals surface area contributed by atoms with Gasteiger partial charge in [-0.3, -0.25) is 19.8 Å². The molecule has 1 aliphatic heterocycles. The van der Waals surface area contributed by atoms with Crippen LogP contribution in [0.25, 0.3) is 0 Å². The first-order chi connectivity index (χ1) is 9.41. The normalized spacial score (nSPS) is 25.6. The largest absolute Gasteiger partial charge is 0.331 e. The molecule has 1 N–H and O–H groups in total. The van der Waals surface area contributed by atoms with E-state index < -0.39 is 22.9 Å². The number of imide groups is 2. The van der Waals surface area contributed by atoms with Crippen molar-refractivity contribution in [3.05, 3.63) is 0 Å². The number of amides is 4. The summed E-state index contributed by atoms with van der Waals surface area (Å²) in [6, 6.07) is -0.540. The van der Waals surface area contributed by atoms with Crippen molar-refractivity contribution in [2.75, 3.05) is 0 Å². The van der Waals surface area contributed by atoms with Crippen LogP contribution in [0, 0.1) is 5.41 Å². The molecule has 0 spiro atoms. The van der Waals surface area contributed by atoms with Gasteiger partial charge in [0.15, 0.2) is 0 Å². The highest BCUT2D eigenvalue weighted by Crippen LogP contribution is 2.40. The van der Waals surface area contributed by atoms with Crippen LogP contribution >= 0.6 is 0 Å². The first-order valence-electron chi connectivity index (χ1n) is 7.61. The lowest BCUT2D eigenvalue weighted by molar-refractivity contribution is -0.156. The number of carbonyl (C=O) groups excluding carboxylic acids is 3. The summed E-state index contributed by atoms with van der Waals surface area (Å²) in [5, 5.41) is 2.40. The molecule has 1 heterocycles. The average molecular weight is 280 g/mol. The number of carbonyl (C=O) groups is 3. The van der Waals surface area contributed by atoms with Gasteiger partial charge in [-0.25, -0.2) is 4.79 Å². The quantitative estimate of drug-likeness (QED) is 0.808.